The molecule has 2 amide bonds. The molecule has 2 unspecified atom stereocenters. The van der Waals surface area contributed by atoms with Crippen LogP contribution in [0.5, 0.6) is 0 Å². The molecule has 2 atom stereocenters. The number of hydrogen-bond acceptors (Lipinski definition) is 3. The SMILES string of the molecule is O=C1CC(C(=O)N2CCCC2c2ccccn2)CN1C1CCCC1. The van der Waals surface area contributed by atoms with Crippen molar-refractivity contribution in [2.24, 2.45) is 5.92 Å². The normalized spacial score (nSPS) is 28.1. The van der Waals surface area contributed by atoms with E-state index >= 15 is 0 Å². The minimum atomic E-state index is -0.164. The van der Waals surface area contributed by atoms with Crippen LogP contribution in [0.4, 0.5) is 0 Å². The zero-order valence-electron chi connectivity index (χ0n) is 14.1. The molecule has 3 fully saturated rings. The highest BCUT2D eigenvalue weighted by molar-refractivity contribution is 5.89. The van der Waals surface area contributed by atoms with Gasteiger partial charge in [0.2, 0.25) is 11.8 Å². The molecule has 1 aliphatic carbocycles. The second-order valence-electron chi connectivity index (χ2n) is 7.33. The van der Waals surface area contributed by atoms with Crippen molar-refractivity contribution in [1.82, 2.24) is 14.8 Å². The monoisotopic (exact) mass is 327 g/mol. The molecule has 2 saturated heterocycles. The van der Waals surface area contributed by atoms with Crippen molar-refractivity contribution in [3.8, 4) is 0 Å². The number of rotatable bonds is 3. The molecule has 4 rings (SSSR count). The summed E-state index contributed by atoms with van der Waals surface area (Å²) in [6.07, 6.45) is 8.79. The van der Waals surface area contributed by atoms with Crippen LogP contribution in [0.2, 0.25) is 0 Å². The van der Waals surface area contributed by atoms with E-state index in [-0.39, 0.29) is 23.8 Å². The first-order valence-corrected chi connectivity index (χ1v) is 9.25. The molecule has 3 heterocycles. The zero-order chi connectivity index (χ0) is 16.5. The third-order valence-corrected chi connectivity index (χ3v) is 5.84. The van der Waals surface area contributed by atoms with Crippen molar-refractivity contribution in [2.45, 2.75) is 57.0 Å². The average Bonchev–Trinajstić information content (AvgIpc) is 3.35. The molecule has 0 radical (unpaired) electrons. The van der Waals surface area contributed by atoms with Gasteiger partial charge in [-0.1, -0.05) is 18.9 Å². The minimum absolute atomic E-state index is 0.0781. The predicted octanol–water partition coefficient (Wildman–Crippen LogP) is 2.54. The number of likely N-dealkylation sites (tertiary alicyclic amines) is 2. The molecule has 2 aliphatic heterocycles. The number of amides is 2. The molecule has 5 heteroatoms. The summed E-state index contributed by atoms with van der Waals surface area (Å²) in [5.74, 6) is 0.160. The molecular formula is C19H25N3O2. The molecule has 1 aromatic heterocycles. The first kappa shape index (κ1) is 15.6. The fraction of sp³-hybridized carbons (Fsp3) is 0.632. The maximum atomic E-state index is 13.1. The van der Waals surface area contributed by atoms with Crippen LogP contribution in [0, 0.1) is 5.92 Å². The van der Waals surface area contributed by atoms with Crippen molar-refractivity contribution >= 4 is 11.8 Å². The molecule has 128 valence electrons. The van der Waals surface area contributed by atoms with E-state index in [9.17, 15) is 9.59 Å². The third kappa shape index (κ3) is 2.80. The lowest BCUT2D eigenvalue weighted by atomic mass is 10.1. The fourth-order valence-electron chi connectivity index (χ4n) is 4.61. The molecule has 0 spiro atoms. The Bertz CT molecular complexity index is 612. The van der Waals surface area contributed by atoms with E-state index < -0.39 is 0 Å². The van der Waals surface area contributed by atoms with Gasteiger partial charge in [-0.2, -0.15) is 0 Å². The molecule has 0 bridgehead atoms. The topological polar surface area (TPSA) is 53.5 Å². The van der Waals surface area contributed by atoms with E-state index in [4.69, 9.17) is 0 Å². The van der Waals surface area contributed by atoms with Gasteiger partial charge in [-0.3, -0.25) is 14.6 Å². The fourth-order valence-corrected chi connectivity index (χ4v) is 4.61. The van der Waals surface area contributed by atoms with Gasteiger partial charge in [-0.25, -0.2) is 0 Å². The summed E-state index contributed by atoms with van der Waals surface area (Å²) in [5, 5.41) is 0. The smallest absolute Gasteiger partial charge is 0.228 e. The Balaban J connectivity index is 1.46. The lowest BCUT2D eigenvalue weighted by Gasteiger charge is -2.28. The van der Waals surface area contributed by atoms with Crippen molar-refractivity contribution in [3.05, 3.63) is 30.1 Å². The summed E-state index contributed by atoms with van der Waals surface area (Å²) in [6.45, 7) is 1.40. The summed E-state index contributed by atoms with van der Waals surface area (Å²) >= 11 is 0. The van der Waals surface area contributed by atoms with Gasteiger partial charge in [-0.15, -0.1) is 0 Å². The van der Waals surface area contributed by atoms with Gasteiger partial charge in [0.25, 0.3) is 0 Å². The number of hydrogen-bond donors (Lipinski definition) is 0. The van der Waals surface area contributed by atoms with Gasteiger partial charge in [0, 0.05) is 31.7 Å². The van der Waals surface area contributed by atoms with Crippen molar-refractivity contribution in [2.75, 3.05) is 13.1 Å². The molecule has 3 aliphatic rings. The number of pyridine rings is 1. The Kier molecular flexibility index (Phi) is 4.25. The second kappa shape index (κ2) is 6.54. The molecule has 5 nitrogen and oxygen atoms in total. The summed E-state index contributed by atoms with van der Waals surface area (Å²) in [5.41, 5.74) is 0.973. The Hall–Kier alpha value is -1.91. The van der Waals surface area contributed by atoms with Crippen LogP contribution in [0.3, 0.4) is 0 Å². The van der Waals surface area contributed by atoms with Gasteiger partial charge in [0.15, 0.2) is 0 Å². The summed E-state index contributed by atoms with van der Waals surface area (Å²) in [4.78, 5) is 33.8. The Morgan fingerprint density at radius 1 is 1.12 bits per heavy atom. The second-order valence-corrected chi connectivity index (χ2v) is 7.33. The van der Waals surface area contributed by atoms with Crippen LogP contribution in [0.25, 0.3) is 0 Å². The van der Waals surface area contributed by atoms with Gasteiger partial charge < -0.3 is 9.80 Å². The largest absolute Gasteiger partial charge is 0.339 e. The van der Waals surface area contributed by atoms with E-state index in [1.54, 1.807) is 6.20 Å². The average molecular weight is 327 g/mol. The number of aromatic nitrogens is 1. The number of carbonyl (C=O) groups is 2. The predicted molar refractivity (Wildman–Crippen MR) is 90.0 cm³/mol. The van der Waals surface area contributed by atoms with E-state index in [1.165, 1.54) is 12.8 Å². The maximum absolute atomic E-state index is 13.1. The minimum Gasteiger partial charge on any atom is -0.339 e. The molecule has 1 saturated carbocycles. The lowest BCUT2D eigenvalue weighted by Crippen LogP contribution is -2.39. The van der Waals surface area contributed by atoms with Crippen LogP contribution in [0.1, 0.15) is 56.7 Å². The molecule has 24 heavy (non-hydrogen) atoms. The molecule has 0 aromatic carbocycles. The highest BCUT2D eigenvalue weighted by atomic mass is 16.2. The Morgan fingerprint density at radius 2 is 1.96 bits per heavy atom. The summed E-state index contributed by atoms with van der Waals surface area (Å²) in [7, 11) is 0. The van der Waals surface area contributed by atoms with Crippen LogP contribution in [0.15, 0.2) is 24.4 Å². The van der Waals surface area contributed by atoms with Crippen LogP contribution < -0.4 is 0 Å². The van der Waals surface area contributed by atoms with Crippen molar-refractivity contribution in [3.63, 3.8) is 0 Å². The van der Waals surface area contributed by atoms with Crippen molar-refractivity contribution in [1.29, 1.82) is 0 Å². The maximum Gasteiger partial charge on any atom is 0.228 e. The molecular weight excluding hydrogens is 302 g/mol. The van der Waals surface area contributed by atoms with Gasteiger partial charge in [-0.05, 0) is 37.8 Å². The first-order chi connectivity index (χ1) is 11.7. The van der Waals surface area contributed by atoms with Crippen LogP contribution >= 0.6 is 0 Å². The summed E-state index contributed by atoms with van der Waals surface area (Å²) < 4.78 is 0. The van der Waals surface area contributed by atoms with Crippen molar-refractivity contribution < 1.29 is 9.59 Å². The third-order valence-electron chi connectivity index (χ3n) is 5.84. The van der Waals surface area contributed by atoms with Gasteiger partial charge in [0.05, 0.1) is 17.7 Å². The highest BCUT2D eigenvalue weighted by Gasteiger charge is 2.42. The van der Waals surface area contributed by atoms with Gasteiger partial charge >= 0.3 is 0 Å². The van der Waals surface area contributed by atoms with Crippen LogP contribution in [-0.2, 0) is 9.59 Å². The number of nitrogens with zero attached hydrogens (tertiary/aromatic N) is 3. The standard InChI is InChI=1S/C19H25N3O2/c23-18-12-14(13-22(18)15-6-1-2-7-15)19(24)21-11-5-9-17(21)16-8-3-4-10-20-16/h3-4,8,10,14-15,17H,1-2,5-7,9,11-13H2. The first-order valence-electron chi connectivity index (χ1n) is 9.25. The summed E-state index contributed by atoms with van der Waals surface area (Å²) in [6, 6.07) is 6.33. The Labute approximate surface area is 143 Å². The highest BCUT2D eigenvalue weighted by Crippen LogP contribution is 2.35. The molecule has 1 aromatic rings. The quantitative estimate of drug-likeness (QED) is 0.857. The zero-order valence-corrected chi connectivity index (χ0v) is 14.1. The van der Waals surface area contributed by atoms with Crippen LogP contribution in [-0.4, -0.2) is 45.7 Å². The lowest BCUT2D eigenvalue weighted by molar-refractivity contribution is -0.136. The number of carbonyl (C=O) groups excluding carboxylic acids is 2. The Morgan fingerprint density at radius 3 is 2.71 bits per heavy atom. The van der Waals surface area contributed by atoms with E-state index in [0.717, 1.165) is 37.9 Å². The van der Waals surface area contributed by atoms with Gasteiger partial charge in [0.1, 0.15) is 0 Å². The van der Waals surface area contributed by atoms with E-state index in [0.29, 0.717) is 19.0 Å². The van der Waals surface area contributed by atoms with E-state index in [2.05, 4.69) is 4.98 Å². The molecule has 0 N–H and O–H groups in total. The van der Waals surface area contributed by atoms with E-state index in [1.807, 2.05) is 28.0 Å².